The maximum Gasteiger partial charge on any atom is 0.223 e. The molecular weight excluding hydrogens is 166 g/mol. The Balaban J connectivity index is 2.30. The van der Waals surface area contributed by atoms with Gasteiger partial charge in [-0.3, -0.25) is 4.79 Å². The number of rotatable bonds is 3. The average molecular weight is 185 g/mol. The topological polar surface area (TPSA) is 49.3 Å². The number of hydrogen-bond acceptors (Lipinski definition) is 2. The standard InChI is InChI=1S/C10H19NO2/c1-7-4-3-5-9(7)10(13)11-6-8(2)12/h7-9,12H,3-6H2,1-2H3,(H,11,13)/t7?,8-,9?/m0/s1. The van der Waals surface area contributed by atoms with Crippen molar-refractivity contribution in [3.05, 3.63) is 0 Å². The van der Waals surface area contributed by atoms with Crippen LogP contribution in [0.15, 0.2) is 0 Å². The summed E-state index contributed by atoms with van der Waals surface area (Å²) in [5.74, 6) is 0.804. The largest absolute Gasteiger partial charge is 0.392 e. The molecule has 0 aromatic carbocycles. The Morgan fingerprint density at radius 1 is 1.62 bits per heavy atom. The van der Waals surface area contributed by atoms with Crippen molar-refractivity contribution < 1.29 is 9.90 Å². The molecule has 1 fully saturated rings. The maximum atomic E-state index is 11.5. The highest BCUT2D eigenvalue weighted by Gasteiger charge is 2.29. The highest BCUT2D eigenvalue weighted by atomic mass is 16.3. The van der Waals surface area contributed by atoms with Crippen LogP contribution in [-0.2, 0) is 4.79 Å². The highest BCUT2D eigenvalue weighted by Crippen LogP contribution is 2.30. The van der Waals surface area contributed by atoms with Crippen LogP contribution in [-0.4, -0.2) is 23.7 Å². The van der Waals surface area contributed by atoms with E-state index in [4.69, 9.17) is 5.11 Å². The monoisotopic (exact) mass is 185 g/mol. The molecule has 2 unspecified atom stereocenters. The molecule has 2 N–H and O–H groups in total. The fraction of sp³-hybridized carbons (Fsp3) is 0.900. The van der Waals surface area contributed by atoms with E-state index in [1.807, 2.05) is 0 Å². The van der Waals surface area contributed by atoms with Crippen LogP contribution in [0.2, 0.25) is 0 Å². The summed E-state index contributed by atoms with van der Waals surface area (Å²) >= 11 is 0. The van der Waals surface area contributed by atoms with E-state index in [-0.39, 0.29) is 11.8 Å². The molecule has 1 aliphatic rings. The lowest BCUT2D eigenvalue weighted by Crippen LogP contribution is -2.36. The third kappa shape index (κ3) is 2.99. The van der Waals surface area contributed by atoms with Gasteiger partial charge in [0.25, 0.3) is 0 Å². The molecule has 76 valence electrons. The van der Waals surface area contributed by atoms with E-state index in [1.165, 1.54) is 0 Å². The van der Waals surface area contributed by atoms with Gasteiger partial charge >= 0.3 is 0 Å². The van der Waals surface area contributed by atoms with Crippen molar-refractivity contribution in [1.29, 1.82) is 0 Å². The summed E-state index contributed by atoms with van der Waals surface area (Å²) in [5, 5.41) is 11.8. The molecule has 0 radical (unpaired) electrons. The molecule has 3 nitrogen and oxygen atoms in total. The summed E-state index contributed by atoms with van der Waals surface area (Å²) in [6.07, 6.45) is 2.88. The lowest BCUT2D eigenvalue weighted by Gasteiger charge is -2.15. The minimum absolute atomic E-state index is 0.117. The molecule has 0 bridgehead atoms. The minimum atomic E-state index is -0.444. The molecule has 13 heavy (non-hydrogen) atoms. The van der Waals surface area contributed by atoms with Gasteiger partial charge in [-0.25, -0.2) is 0 Å². The Kier molecular flexibility index (Phi) is 3.72. The normalized spacial score (nSPS) is 30.1. The van der Waals surface area contributed by atoms with Gasteiger partial charge in [-0.1, -0.05) is 13.3 Å². The van der Waals surface area contributed by atoms with E-state index < -0.39 is 6.10 Å². The number of amides is 1. The molecule has 0 saturated heterocycles. The van der Waals surface area contributed by atoms with Gasteiger partial charge in [0, 0.05) is 12.5 Å². The van der Waals surface area contributed by atoms with E-state index in [0.717, 1.165) is 19.3 Å². The first-order valence-electron chi connectivity index (χ1n) is 5.07. The molecule has 0 aromatic rings. The Morgan fingerprint density at radius 2 is 2.31 bits per heavy atom. The van der Waals surface area contributed by atoms with Gasteiger partial charge in [0.15, 0.2) is 0 Å². The van der Waals surface area contributed by atoms with Crippen molar-refractivity contribution in [2.45, 2.75) is 39.2 Å². The zero-order chi connectivity index (χ0) is 9.84. The molecule has 1 aliphatic carbocycles. The second kappa shape index (κ2) is 4.61. The van der Waals surface area contributed by atoms with Crippen molar-refractivity contribution in [3.8, 4) is 0 Å². The molecule has 3 heteroatoms. The van der Waals surface area contributed by atoms with Crippen molar-refractivity contribution in [2.75, 3.05) is 6.54 Å². The van der Waals surface area contributed by atoms with Crippen molar-refractivity contribution >= 4 is 5.91 Å². The molecule has 3 atom stereocenters. The van der Waals surface area contributed by atoms with E-state index in [0.29, 0.717) is 12.5 Å². The van der Waals surface area contributed by atoms with Crippen LogP contribution in [0.3, 0.4) is 0 Å². The van der Waals surface area contributed by atoms with Crippen LogP contribution in [0.5, 0.6) is 0 Å². The molecule has 1 amide bonds. The summed E-state index contributed by atoms with van der Waals surface area (Å²) in [7, 11) is 0. The third-order valence-electron chi connectivity index (χ3n) is 2.77. The van der Waals surface area contributed by atoms with Gasteiger partial charge in [-0.2, -0.15) is 0 Å². The van der Waals surface area contributed by atoms with E-state index >= 15 is 0 Å². The van der Waals surface area contributed by atoms with Crippen LogP contribution in [0, 0.1) is 11.8 Å². The van der Waals surface area contributed by atoms with E-state index in [1.54, 1.807) is 6.92 Å². The number of hydrogen-bond donors (Lipinski definition) is 2. The predicted molar refractivity (Wildman–Crippen MR) is 51.2 cm³/mol. The Bertz CT molecular complexity index is 180. The summed E-state index contributed by atoms with van der Waals surface area (Å²) in [5.41, 5.74) is 0. The van der Waals surface area contributed by atoms with Crippen molar-refractivity contribution in [1.82, 2.24) is 5.32 Å². The van der Waals surface area contributed by atoms with E-state index in [9.17, 15) is 4.79 Å². The predicted octanol–water partition coefficient (Wildman–Crippen LogP) is 0.920. The zero-order valence-corrected chi connectivity index (χ0v) is 8.42. The fourth-order valence-electron chi connectivity index (χ4n) is 1.91. The quantitative estimate of drug-likeness (QED) is 0.687. The number of aliphatic hydroxyl groups excluding tert-OH is 1. The van der Waals surface area contributed by atoms with Gasteiger partial charge in [0.2, 0.25) is 5.91 Å². The molecule has 0 spiro atoms. The lowest BCUT2D eigenvalue weighted by molar-refractivity contribution is -0.126. The Morgan fingerprint density at radius 3 is 2.77 bits per heavy atom. The molecule has 1 rings (SSSR count). The number of carbonyl (C=O) groups is 1. The van der Waals surface area contributed by atoms with Gasteiger partial charge in [-0.15, -0.1) is 0 Å². The first-order valence-corrected chi connectivity index (χ1v) is 5.07. The van der Waals surface area contributed by atoms with Crippen LogP contribution >= 0.6 is 0 Å². The Labute approximate surface area is 79.5 Å². The van der Waals surface area contributed by atoms with Gasteiger partial charge in [0.1, 0.15) is 0 Å². The summed E-state index contributed by atoms with van der Waals surface area (Å²) in [4.78, 5) is 11.5. The Hall–Kier alpha value is -0.570. The summed E-state index contributed by atoms with van der Waals surface area (Å²) in [6, 6.07) is 0. The summed E-state index contributed by atoms with van der Waals surface area (Å²) < 4.78 is 0. The maximum absolute atomic E-state index is 11.5. The van der Waals surface area contributed by atoms with Crippen molar-refractivity contribution in [3.63, 3.8) is 0 Å². The van der Waals surface area contributed by atoms with Gasteiger partial charge in [0.05, 0.1) is 6.10 Å². The molecule has 0 heterocycles. The lowest BCUT2D eigenvalue weighted by atomic mass is 9.97. The van der Waals surface area contributed by atoms with Gasteiger partial charge < -0.3 is 10.4 Å². The second-order valence-electron chi connectivity index (χ2n) is 4.11. The first-order chi connectivity index (χ1) is 6.11. The van der Waals surface area contributed by atoms with Gasteiger partial charge in [-0.05, 0) is 25.7 Å². The minimum Gasteiger partial charge on any atom is -0.392 e. The molecule has 0 aromatic heterocycles. The number of aliphatic hydroxyl groups is 1. The zero-order valence-electron chi connectivity index (χ0n) is 8.42. The van der Waals surface area contributed by atoms with Crippen LogP contribution < -0.4 is 5.32 Å². The second-order valence-corrected chi connectivity index (χ2v) is 4.11. The SMILES string of the molecule is CC1CCCC1C(=O)NC[C@H](C)O. The fourth-order valence-corrected chi connectivity index (χ4v) is 1.91. The smallest absolute Gasteiger partial charge is 0.223 e. The summed E-state index contributed by atoms with van der Waals surface area (Å²) in [6.45, 7) is 4.18. The molecular formula is C10H19NO2. The van der Waals surface area contributed by atoms with E-state index in [2.05, 4.69) is 12.2 Å². The molecule has 1 saturated carbocycles. The highest BCUT2D eigenvalue weighted by molar-refractivity contribution is 5.79. The van der Waals surface area contributed by atoms with Crippen LogP contribution in [0.4, 0.5) is 0 Å². The third-order valence-corrected chi connectivity index (χ3v) is 2.77. The van der Waals surface area contributed by atoms with Crippen molar-refractivity contribution in [2.24, 2.45) is 11.8 Å². The van der Waals surface area contributed by atoms with Crippen LogP contribution in [0.25, 0.3) is 0 Å². The first kappa shape index (κ1) is 10.5. The number of nitrogens with one attached hydrogen (secondary N) is 1. The van der Waals surface area contributed by atoms with Crippen LogP contribution in [0.1, 0.15) is 33.1 Å². The number of carbonyl (C=O) groups excluding carboxylic acids is 1. The molecule has 0 aliphatic heterocycles. The average Bonchev–Trinajstić information content (AvgIpc) is 2.47.